The van der Waals surface area contributed by atoms with Crippen LogP contribution in [0.15, 0.2) is 22.8 Å². The maximum absolute atomic E-state index is 12.1. The summed E-state index contributed by atoms with van der Waals surface area (Å²) in [7, 11) is 0. The summed E-state index contributed by atoms with van der Waals surface area (Å²) in [5.74, 6) is 1.00. The molecule has 1 aliphatic heterocycles. The molecule has 2 heterocycles. The number of rotatable bonds is 6. The minimum absolute atomic E-state index is 0.101. The van der Waals surface area contributed by atoms with Crippen molar-refractivity contribution in [3.8, 4) is 0 Å². The van der Waals surface area contributed by atoms with Crippen LogP contribution in [0.3, 0.4) is 0 Å². The van der Waals surface area contributed by atoms with E-state index in [0.29, 0.717) is 50.8 Å². The van der Waals surface area contributed by atoms with Gasteiger partial charge in [0.05, 0.1) is 6.26 Å². The minimum Gasteiger partial charge on any atom is -0.459 e. The van der Waals surface area contributed by atoms with Crippen molar-refractivity contribution >= 4 is 11.8 Å². The van der Waals surface area contributed by atoms with Gasteiger partial charge in [0.15, 0.2) is 5.76 Å². The summed E-state index contributed by atoms with van der Waals surface area (Å²) < 4.78 is 5.13. The standard InChI is InChI=1S/C16H25N3O3/c1-13(2)12-17-6-5-15(20)18-7-9-19(10-8-18)16(21)14-4-3-11-22-14/h3-4,11,13,17H,5-10,12H2,1-2H3. The van der Waals surface area contributed by atoms with Crippen LogP contribution < -0.4 is 5.32 Å². The van der Waals surface area contributed by atoms with Crippen LogP contribution in [-0.4, -0.2) is 60.9 Å². The highest BCUT2D eigenvalue weighted by molar-refractivity contribution is 5.91. The number of hydrogen-bond acceptors (Lipinski definition) is 4. The van der Waals surface area contributed by atoms with Crippen LogP contribution in [0.2, 0.25) is 0 Å². The summed E-state index contributed by atoms with van der Waals surface area (Å²) in [5, 5.41) is 3.28. The monoisotopic (exact) mass is 307 g/mol. The molecule has 1 saturated heterocycles. The Kier molecular flexibility index (Phi) is 6.00. The Hall–Kier alpha value is -1.82. The molecular formula is C16H25N3O3. The van der Waals surface area contributed by atoms with Crippen molar-refractivity contribution in [2.45, 2.75) is 20.3 Å². The lowest BCUT2D eigenvalue weighted by atomic mass is 10.2. The average Bonchev–Trinajstić information content (AvgIpc) is 3.05. The molecule has 1 N–H and O–H groups in total. The van der Waals surface area contributed by atoms with Crippen LogP contribution in [0.4, 0.5) is 0 Å². The van der Waals surface area contributed by atoms with E-state index >= 15 is 0 Å². The lowest BCUT2D eigenvalue weighted by Gasteiger charge is -2.34. The second-order valence-corrected chi connectivity index (χ2v) is 6.00. The number of nitrogens with zero attached hydrogens (tertiary/aromatic N) is 2. The number of piperazine rings is 1. The third-order valence-corrected chi connectivity index (χ3v) is 3.72. The van der Waals surface area contributed by atoms with Gasteiger partial charge < -0.3 is 19.5 Å². The molecule has 0 spiro atoms. The van der Waals surface area contributed by atoms with Gasteiger partial charge >= 0.3 is 0 Å². The Balaban J connectivity index is 1.70. The van der Waals surface area contributed by atoms with Gasteiger partial charge in [0.2, 0.25) is 5.91 Å². The number of nitrogens with one attached hydrogen (secondary N) is 1. The van der Waals surface area contributed by atoms with E-state index in [1.807, 2.05) is 4.90 Å². The van der Waals surface area contributed by atoms with E-state index in [9.17, 15) is 9.59 Å². The first kappa shape index (κ1) is 16.5. The van der Waals surface area contributed by atoms with Gasteiger partial charge in [0.25, 0.3) is 5.91 Å². The van der Waals surface area contributed by atoms with Crippen LogP contribution in [0, 0.1) is 5.92 Å². The SMILES string of the molecule is CC(C)CNCCC(=O)N1CCN(C(=O)c2ccco2)CC1. The molecule has 0 saturated carbocycles. The summed E-state index contributed by atoms with van der Waals surface area (Å²) in [6, 6.07) is 3.37. The third-order valence-electron chi connectivity index (χ3n) is 3.72. The number of amides is 2. The largest absolute Gasteiger partial charge is 0.459 e. The van der Waals surface area contributed by atoms with Gasteiger partial charge in [-0.2, -0.15) is 0 Å². The van der Waals surface area contributed by atoms with Gasteiger partial charge in [-0.3, -0.25) is 9.59 Å². The molecule has 0 unspecified atom stereocenters. The molecule has 0 aromatic carbocycles. The van der Waals surface area contributed by atoms with E-state index in [0.717, 1.165) is 6.54 Å². The van der Waals surface area contributed by atoms with Crippen LogP contribution >= 0.6 is 0 Å². The van der Waals surface area contributed by atoms with E-state index in [-0.39, 0.29) is 11.8 Å². The Labute approximate surface area is 131 Å². The van der Waals surface area contributed by atoms with Gasteiger partial charge in [0.1, 0.15) is 0 Å². The molecule has 1 aromatic rings. The molecule has 1 aliphatic rings. The molecule has 2 amide bonds. The highest BCUT2D eigenvalue weighted by atomic mass is 16.3. The van der Waals surface area contributed by atoms with E-state index in [2.05, 4.69) is 19.2 Å². The first-order chi connectivity index (χ1) is 10.6. The molecule has 0 atom stereocenters. The molecule has 0 bridgehead atoms. The summed E-state index contributed by atoms with van der Waals surface area (Å²) in [5.41, 5.74) is 0. The summed E-state index contributed by atoms with van der Waals surface area (Å²) in [4.78, 5) is 27.8. The zero-order chi connectivity index (χ0) is 15.9. The van der Waals surface area contributed by atoms with Crippen LogP contribution in [0.5, 0.6) is 0 Å². The fourth-order valence-corrected chi connectivity index (χ4v) is 2.46. The predicted molar refractivity (Wildman–Crippen MR) is 83.5 cm³/mol. The van der Waals surface area contributed by atoms with Crippen molar-refractivity contribution < 1.29 is 14.0 Å². The van der Waals surface area contributed by atoms with Crippen LogP contribution in [0.1, 0.15) is 30.8 Å². The van der Waals surface area contributed by atoms with Crippen molar-refractivity contribution in [2.24, 2.45) is 5.92 Å². The molecule has 6 nitrogen and oxygen atoms in total. The smallest absolute Gasteiger partial charge is 0.289 e. The van der Waals surface area contributed by atoms with Crippen molar-refractivity contribution in [1.29, 1.82) is 0 Å². The first-order valence-corrected chi connectivity index (χ1v) is 7.89. The summed E-state index contributed by atoms with van der Waals surface area (Å²) in [6.07, 6.45) is 2.01. The van der Waals surface area contributed by atoms with E-state index in [1.54, 1.807) is 17.0 Å². The van der Waals surface area contributed by atoms with E-state index < -0.39 is 0 Å². The van der Waals surface area contributed by atoms with Crippen molar-refractivity contribution in [3.05, 3.63) is 24.2 Å². The number of furan rings is 1. The molecule has 1 fully saturated rings. The molecule has 1 aromatic heterocycles. The quantitative estimate of drug-likeness (QED) is 0.802. The van der Waals surface area contributed by atoms with Gasteiger partial charge in [-0.25, -0.2) is 0 Å². The third kappa shape index (κ3) is 4.59. The molecule has 22 heavy (non-hydrogen) atoms. The number of carbonyl (C=O) groups is 2. The lowest BCUT2D eigenvalue weighted by Crippen LogP contribution is -2.50. The van der Waals surface area contributed by atoms with Crippen molar-refractivity contribution in [1.82, 2.24) is 15.1 Å². The molecule has 0 radical (unpaired) electrons. The highest BCUT2D eigenvalue weighted by Gasteiger charge is 2.25. The first-order valence-electron chi connectivity index (χ1n) is 7.89. The second kappa shape index (κ2) is 7.98. The molecule has 0 aliphatic carbocycles. The Morgan fingerprint density at radius 3 is 2.50 bits per heavy atom. The van der Waals surface area contributed by atoms with Gasteiger partial charge in [-0.1, -0.05) is 13.8 Å². The molecule has 6 heteroatoms. The predicted octanol–water partition coefficient (Wildman–Crippen LogP) is 1.20. The van der Waals surface area contributed by atoms with Crippen molar-refractivity contribution in [2.75, 3.05) is 39.3 Å². The van der Waals surface area contributed by atoms with Crippen LogP contribution in [-0.2, 0) is 4.79 Å². The normalized spacial score (nSPS) is 15.4. The van der Waals surface area contributed by atoms with Gasteiger partial charge in [-0.05, 0) is 24.6 Å². The topological polar surface area (TPSA) is 65.8 Å². The maximum atomic E-state index is 12.1. The highest BCUT2D eigenvalue weighted by Crippen LogP contribution is 2.10. The summed E-state index contributed by atoms with van der Waals surface area (Å²) in [6.45, 7) is 8.23. The maximum Gasteiger partial charge on any atom is 0.289 e. The van der Waals surface area contributed by atoms with E-state index in [1.165, 1.54) is 6.26 Å². The Morgan fingerprint density at radius 1 is 1.23 bits per heavy atom. The van der Waals surface area contributed by atoms with E-state index in [4.69, 9.17) is 4.42 Å². The zero-order valence-electron chi connectivity index (χ0n) is 13.4. The van der Waals surface area contributed by atoms with Crippen molar-refractivity contribution in [3.63, 3.8) is 0 Å². The van der Waals surface area contributed by atoms with Gasteiger partial charge in [0, 0.05) is 39.1 Å². The number of carbonyl (C=O) groups excluding carboxylic acids is 2. The van der Waals surface area contributed by atoms with Crippen LogP contribution in [0.25, 0.3) is 0 Å². The average molecular weight is 307 g/mol. The van der Waals surface area contributed by atoms with Gasteiger partial charge in [-0.15, -0.1) is 0 Å². The summed E-state index contributed by atoms with van der Waals surface area (Å²) >= 11 is 0. The molecule has 122 valence electrons. The second-order valence-electron chi connectivity index (χ2n) is 6.00. The fraction of sp³-hybridized carbons (Fsp3) is 0.625. The molecule has 2 rings (SSSR count). The Morgan fingerprint density at radius 2 is 1.91 bits per heavy atom. The molecular weight excluding hydrogens is 282 g/mol. The number of hydrogen-bond donors (Lipinski definition) is 1. The Bertz CT molecular complexity index is 477. The lowest BCUT2D eigenvalue weighted by molar-refractivity contribution is -0.132. The fourth-order valence-electron chi connectivity index (χ4n) is 2.46. The minimum atomic E-state index is -0.101. The zero-order valence-corrected chi connectivity index (χ0v) is 13.4.